The predicted octanol–water partition coefficient (Wildman–Crippen LogP) is 8.02. The molecule has 5 rings (SSSR count). The SMILES string of the molecule is Cc1cc(C)cc(-c2cc(CC(C)C)c3cc4c(cc3n2)C(C)(C)c2ccccc2-4)c1. The summed E-state index contributed by atoms with van der Waals surface area (Å²) in [4.78, 5) is 5.20. The van der Waals surface area contributed by atoms with Gasteiger partial charge in [-0.15, -0.1) is 0 Å². The van der Waals surface area contributed by atoms with Crippen molar-refractivity contribution < 1.29 is 0 Å². The summed E-state index contributed by atoms with van der Waals surface area (Å²) in [5.74, 6) is 0.592. The summed E-state index contributed by atoms with van der Waals surface area (Å²) in [6, 6.07) is 22.7. The van der Waals surface area contributed by atoms with Gasteiger partial charge in [0, 0.05) is 16.4 Å². The van der Waals surface area contributed by atoms with Crippen LogP contribution in [0.1, 0.15) is 55.5 Å². The van der Waals surface area contributed by atoms with Crippen molar-refractivity contribution in [3.05, 3.63) is 88.5 Å². The summed E-state index contributed by atoms with van der Waals surface area (Å²) in [7, 11) is 0. The fourth-order valence-electron chi connectivity index (χ4n) is 5.37. The van der Waals surface area contributed by atoms with E-state index in [1.54, 1.807) is 0 Å². The molecule has 0 spiro atoms. The minimum atomic E-state index is -0.00403. The van der Waals surface area contributed by atoms with Gasteiger partial charge in [0.1, 0.15) is 0 Å². The number of rotatable bonds is 3. The molecule has 1 aromatic heterocycles. The number of benzene rings is 3. The van der Waals surface area contributed by atoms with Crippen LogP contribution in [0.2, 0.25) is 0 Å². The summed E-state index contributed by atoms with van der Waals surface area (Å²) < 4.78 is 0. The lowest BCUT2D eigenvalue weighted by Gasteiger charge is -2.22. The van der Waals surface area contributed by atoms with Crippen molar-refractivity contribution in [3.63, 3.8) is 0 Å². The number of hydrogen-bond donors (Lipinski definition) is 0. The van der Waals surface area contributed by atoms with Crippen molar-refractivity contribution in [2.24, 2.45) is 5.92 Å². The Labute approximate surface area is 186 Å². The molecule has 1 aliphatic carbocycles. The Morgan fingerprint density at radius 2 is 1.52 bits per heavy atom. The van der Waals surface area contributed by atoms with Crippen LogP contribution in [0.4, 0.5) is 0 Å². The second kappa shape index (κ2) is 7.05. The first-order valence-corrected chi connectivity index (χ1v) is 11.4. The second-order valence-electron chi connectivity index (χ2n) is 10.2. The number of pyridine rings is 1. The molecule has 0 aliphatic heterocycles. The predicted molar refractivity (Wildman–Crippen MR) is 133 cm³/mol. The topological polar surface area (TPSA) is 12.9 Å². The monoisotopic (exact) mass is 405 g/mol. The zero-order valence-electron chi connectivity index (χ0n) is 19.5. The van der Waals surface area contributed by atoms with Gasteiger partial charge >= 0.3 is 0 Å². The Morgan fingerprint density at radius 3 is 2.23 bits per heavy atom. The zero-order chi connectivity index (χ0) is 21.9. The minimum absolute atomic E-state index is 0.00403. The Bertz CT molecular complexity index is 1300. The summed E-state index contributed by atoms with van der Waals surface area (Å²) >= 11 is 0. The summed E-state index contributed by atoms with van der Waals surface area (Å²) in [6.45, 7) is 13.6. The molecule has 1 nitrogen and oxygen atoms in total. The summed E-state index contributed by atoms with van der Waals surface area (Å²) in [6.07, 6.45) is 1.06. The molecule has 0 bridgehead atoms. The fraction of sp³-hybridized carbons (Fsp3) is 0.300. The van der Waals surface area contributed by atoms with E-state index in [9.17, 15) is 0 Å². The van der Waals surface area contributed by atoms with Crippen LogP contribution in [-0.2, 0) is 11.8 Å². The van der Waals surface area contributed by atoms with Crippen LogP contribution in [0.5, 0.6) is 0 Å². The van der Waals surface area contributed by atoms with Crippen LogP contribution in [0, 0.1) is 19.8 Å². The largest absolute Gasteiger partial charge is 0.248 e. The smallest absolute Gasteiger partial charge is 0.0715 e. The number of aromatic nitrogens is 1. The molecule has 0 atom stereocenters. The molecule has 0 saturated carbocycles. The average Bonchev–Trinajstić information content (AvgIpc) is 2.93. The van der Waals surface area contributed by atoms with Gasteiger partial charge in [0.25, 0.3) is 0 Å². The highest BCUT2D eigenvalue weighted by Gasteiger charge is 2.35. The lowest BCUT2D eigenvalue weighted by Crippen LogP contribution is -2.15. The average molecular weight is 406 g/mol. The van der Waals surface area contributed by atoms with E-state index in [4.69, 9.17) is 4.98 Å². The standard InChI is InChI=1S/C30H31N/c1-18(2)11-21-15-28(22-13-19(3)12-20(4)14-22)31-29-17-27-25(16-24(21)29)23-9-7-8-10-26(23)30(27,5)6/h7-10,12-18H,11H2,1-6H3. The first-order valence-electron chi connectivity index (χ1n) is 11.4. The molecule has 0 saturated heterocycles. The van der Waals surface area contributed by atoms with Crippen LogP contribution in [-0.4, -0.2) is 4.98 Å². The molecule has 1 aliphatic rings. The molecule has 0 fully saturated rings. The van der Waals surface area contributed by atoms with E-state index in [0.29, 0.717) is 5.92 Å². The number of hydrogen-bond acceptors (Lipinski definition) is 1. The van der Waals surface area contributed by atoms with Gasteiger partial charge in [-0.2, -0.15) is 0 Å². The van der Waals surface area contributed by atoms with Crippen LogP contribution in [0.25, 0.3) is 33.3 Å². The quantitative estimate of drug-likeness (QED) is 0.336. The van der Waals surface area contributed by atoms with Crippen molar-refractivity contribution in [1.29, 1.82) is 0 Å². The van der Waals surface area contributed by atoms with Crippen molar-refractivity contribution in [2.75, 3.05) is 0 Å². The van der Waals surface area contributed by atoms with E-state index in [-0.39, 0.29) is 5.41 Å². The molecule has 0 unspecified atom stereocenters. The molecule has 1 heteroatoms. The third-order valence-electron chi connectivity index (χ3n) is 6.74. The maximum Gasteiger partial charge on any atom is 0.0715 e. The lowest BCUT2D eigenvalue weighted by atomic mass is 9.82. The van der Waals surface area contributed by atoms with E-state index < -0.39 is 0 Å². The molecule has 1 heterocycles. The highest BCUT2D eigenvalue weighted by Crippen LogP contribution is 2.50. The second-order valence-corrected chi connectivity index (χ2v) is 10.2. The van der Waals surface area contributed by atoms with Crippen molar-refractivity contribution >= 4 is 10.9 Å². The Balaban J connectivity index is 1.80. The van der Waals surface area contributed by atoms with E-state index in [1.165, 1.54) is 49.9 Å². The van der Waals surface area contributed by atoms with Crippen LogP contribution >= 0.6 is 0 Å². The van der Waals surface area contributed by atoms with E-state index >= 15 is 0 Å². The van der Waals surface area contributed by atoms with E-state index in [2.05, 4.69) is 102 Å². The molecule has 31 heavy (non-hydrogen) atoms. The molecule has 4 aromatic rings. The molecule has 0 radical (unpaired) electrons. The summed E-state index contributed by atoms with van der Waals surface area (Å²) in [5, 5.41) is 1.30. The van der Waals surface area contributed by atoms with E-state index in [1.807, 2.05) is 0 Å². The molecular formula is C30H31N. The number of nitrogens with zero attached hydrogens (tertiary/aromatic N) is 1. The highest BCUT2D eigenvalue weighted by molar-refractivity contribution is 5.94. The minimum Gasteiger partial charge on any atom is -0.248 e. The first-order chi connectivity index (χ1) is 14.7. The molecule has 0 amide bonds. The van der Waals surface area contributed by atoms with Crippen LogP contribution in [0.15, 0.2) is 60.7 Å². The van der Waals surface area contributed by atoms with Crippen LogP contribution < -0.4 is 0 Å². The van der Waals surface area contributed by atoms with Gasteiger partial charge < -0.3 is 0 Å². The van der Waals surface area contributed by atoms with Gasteiger partial charge in [0.15, 0.2) is 0 Å². The Morgan fingerprint density at radius 1 is 0.806 bits per heavy atom. The van der Waals surface area contributed by atoms with Gasteiger partial charge in [0.05, 0.1) is 11.2 Å². The molecule has 156 valence electrons. The number of aryl methyl sites for hydroxylation is 2. The fourth-order valence-corrected chi connectivity index (χ4v) is 5.37. The lowest BCUT2D eigenvalue weighted by molar-refractivity contribution is 0.649. The van der Waals surface area contributed by atoms with Crippen molar-refractivity contribution in [3.8, 4) is 22.4 Å². The highest BCUT2D eigenvalue weighted by atomic mass is 14.7. The van der Waals surface area contributed by atoms with Gasteiger partial charge in [-0.1, -0.05) is 69.2 Å². The van der Waals surface area contributed by atoms with Gasteiger partial charge in [-0.05, 0) is 84.3 Å². The molecule has 0 N–H and O–H groups in total. The zero-order valence-corrected chi connectivity index (χ0v) is 19.5. The maximum absolute atomic E-state index is 5.20. The Hall–Kier alpha value is -2.93. The first kappa shape index (κ1) is 20.0. The maximum atomic E-state index is 5.20. The molecule has 3 aromatic carbocycles. The van der Waals surface area contributed by atoms with Gasteiger partial charge in [-0.3, -0.25) is 0 Å². The normalized spacial score (nSPS) is 14.2. The Kier molecular flexibility index (Phi) is 4.55. The van der Waals surface area contributed by atoms with Gasteiger partial charge in [-0.25, -0.2) is 4.98 Å². The van der Waals surface area contributed by atoms with Gasteiger partial charge in [0.2, 0.25) is 0 Å². The molecular weight excluding hydrogens is 374 g/mol. The number of fused-ring (bicyclic) bond motifs is 4. The van der Waals surface area contributed by atoms with Crippen LogP contribution in [0.3, 0.4) is 0 Å². The van der Waals surface area contributed by atoms with E-state index in [0.717, 1.165) is 17.6 Å². The van der Waals surface area contributed by atoms with Crippen molar-refractivity contribution in [1.82, 2.24) is 4.98 Å². The third-order valence-corrected chi connectivity index (χ3v) is 6.74. The summed E-state index contributed by atoms with van der Waals surface area (Å²) in [5.41, 5.74) is 12.9. The third kappa shape index (κ3) is 3.28. The van der Waals surface area contributed by atoms with Crippen molar-refractivity contribution in [2.45, 2.75) is 53.4 Å².